The Morgan fingerprint density at radius 3 is 2.83 bits per heavy atom. The quantitative estimate of drug-likeness (QED) is 0.787. The van der Waals surface area contributed by atoms with Crippen LogP contribution in [-0.2, 0) is 6.54 Å². The van der Waals surface area contributed by atoms with Gasteiger partial charge in [-0.3, -0.25) is 4.90 Å². The number of rotatable bonds is 2. The minimum atomic E-state index is 0.757. The van der Waals surface area contributed by atoms with Crippen LogP contribution in [0.1, 0.15) is 24.8 Å². The van der Waals surface area contributed by atoms with Crippen molar-refractivity contribution in [1.29, 1.82) is 0 Å². The van der Waals surface area contributed by atoms with E-state index in [0.717, 1.165) is 25.7 Å². The molecule has 0 radical (unpaired) electrons. The predicted molar refractivity (Wildman–Crippen MR) is 75.2 cm³/mol. The lowest BCUT2D eigenvalue weighted by Crippen LogP contribution is -2.53. The van der Waals surface area contributed by atoms with Crippen molar-refractivity contribution in [2.45, 2.75) is 31.8 Å². The molecule has 0 aliphatic carbocycles. The second-order valence-electron chi connectivity index (χ2n) is 5.55. The van der Waals surface area contributed by atoms with Crippen molar-refractivity contribution in [3.8, 4) is 0 Å². The zero-order valence-corrected chi connectivity index (χ0v) is 11.0. The third kappa shape index (κ3) is 2.44. The summed E-state index contributed by atoms with van der Waals surface area (Å²) in [7, 11) is 0. The molecule has 18 heavy (non-hydrogen) atoms. The van der Waals surface area contributed by atoms with Crippen molar-refractivity contribution in [3.05, 3.63) is 48.2 Å². The van der Waals surface area contributed by atoms with Gasteiger partial charge in [0.2, 0.25) is 0 Å². The van der Waals surface area contributed by atoms with Gasteiger partial charge in [-0.15, -0.1) is 0 Å². The lowest BCUT2D eigenvalue weighted by atomic mass is 9.98. The van der Waals surface area contributed by atoms with Crippen LogP contribution in [0.2, 0.25) is 0 Å². The van der Waals surface area contributed by atoms with E-state index in [2.05, 4.69) is 46.7 Å². The summed E-state index contributed by atoms with van der Waals surface area (Å²) in [6.07, 6.45) is 4.12. The maximum atomic E-state index is 4.27. The zero-order chi connectivity index (χ0) is 12.4. The highest BCUT2D eigenvalue weighted by atomic mass is 15.3. The molecular formula is C16H22N2. The molecule has 2 aliphatic rings. The van der Waals surface area contributed by atoms with E-state index in [-0.39, 0.29) is 0 Å². The molecule has 1 aromatic carbocycles. The molecule has 1 unspecified atom stereocenters. The number of hydrogen-bond acceptors (Lipinski definition) is 2. The fourth-order valence-electron chi connectivity index (χ4n) is 3.17. The molecule has 2 heteroatoms. The van der Waals surface area contributed by atoms with Crippen molar-refractivity contribution in [3.63, 3.8) is 0 Å². The SMILES string of the molecule is C=C1CN2CCCCC2CN1Cc1ccccc1. The first-order valence-corrected chi connectivity index (χ1v) is 7.03. The largest absolute Gasteiger partial charge is 0.368 e. The van der Waals surface area contributed by atoms with E-state index in [4.69, 9.17) is 0 Å². The number of fused-ring (bicyclic) bond motifs is 1. The Hall–Kier alpha value is -1.28. The van der Waals surface area contributed by atoms with Crippen LogP contribution in [0, 0.1) is 0 Å². The molecular weight excluding hydrogens is 220 g/mol. The lowest BCUT2D eigenvalue weighted by molar-refractivity contribution is 0.0771. The molecule has 3 rings (SSSR count). The van der Waals surface area contributed by atoms with E-state index < -0.39 is 0 Å². The fraction of sp³-hybridized carbons (Fsp3) is 0.500. The van der Waals surface area contributed by atoms with Gasteiger partial charge in [0.1, 0.15) is 0 Å². The summed E-state index contributed by atoms with van der Waals surface area (Å²) in [6, 6.07) is 11.5. The van der Waals surface area contributed by atoms with E-state index in [9.17, 15) is 0 Å². The van der Waals surface area contributed by atoms with Gasteiger partial charge in [0.05, 0.1) is 0 Å². The standard InChI is InChI=1S/C16H22N2/c1-14-11-17-10-6-5-9-16(17)13-18(14)12-15-7-3-2-4-8-15/h2-4,7-8,16H,1,5-6,9-13H2. The highest BCUT2D eigenvalue weighted by Gasteiger charge is 2.30. The van der Waals surface area contributed by atoms with E-state index in [1.807, 2.05) is 0 Å². The second-order valence-corrected chi connectivity index (χ2v) is 5.55. The van der Waals surface area contributed by atoms with Crippen LogP contribution in [-0.4, -0.2) is 35.5 Å². The van der Waals surface area contributed by atoms with Crippen molar-refractivity contribution in [2.75, 3.05) is 19.6 Å². The van der Waals surface area contributed by atoms with Crippen molar-refractivity contribution in [1.82, 2.24) is 9.80 Å². The van der Waals surface area contributed by atoms with Crippen LogP contribution < -0.4 is 0 Å². The minimum Gasteiger partial charge on any atom is -0.368 e. The summed E-state index contributed by atoms with van der Waals surface area (Å²) in [5.41, 5.74) is 2.68. The molecule has 2 heterocycles. The second kappa shape index (κ2) is 5.15. The number of piperidine rings is 1. The molecule has 0 N–H and O–H groups in total. The van der Waals surface area contributed by atoms with Gasteiger partial charge in [-0.1, -0.05) is 43.3 Å². The van der Waals surface area contributed by atoms with Crippen LogP contribution in [0.4, 0.5) is 0 Å². The Bertz CT molecular complexity index is 412. The molecule has 0 saturated carbocycles. The van der Waals surface area contributed by atoms with Crippen molar-refractivity contribution < 1.29 is 0 Å². The lowest BCUT2D eigenvalue weighted by Gasteiger charge is -2.46. The van der Waals surface area contributed by atoms with Crippen LogP contribution >= 0.6 is 0 Å². The molecule has 1 atom stereocenters. The maximum Gasteiger partial charge on any atom is 0.0427 e. The molecule has 2 saturated heterocycles. The van der Waals surface area contributed by atoms with Gasteiger partial charge in [0.15, 0.2) is 0 Å². The topological polar surface area (TPSA) is 6.48 Å². The number of benzene rings is 1. The Kier molecular flexibility index (Phi) is 3.37. The monoisotopic (exact) mass is 242 g/mol. The van der Waals surface area contributed by atoms with Gasteiger partial charge in [0.25, 0.3) is 0 Å². The van der Waals surface area contributed by atoms with E-state index >= 15 is 0 Å². The Morgan fingerprint density at radius 1 is 1.17 bits per heavy atom. The predicted octanol–water partition coefficient (Wildman–Crippen LogP) is 2.87. The molecule has 0 bridgehead atoms. The first kappa shape index (κ1) is 11.8. The average Bonchev–Trinajstić information content (AvgIpc) is 2.41. The fourth-order valence-corrected chi connectivity index (χ4v) is 3.17. The number of piperazine rings is 1. The molecule has 0 amide bonds. The Balaban J connectivity index is 1.67. The third-order valence-corrected chi connectivity index (χ3v) is 4.23. The average molecular weight is 242 g/mol. The summed E-state index contributed by atoms with van der Waals surface area (Å²) in [5.74, 6) is 0. The molecule has 0 aromatic heterocycles. The van der Waals surface area contributed by atoms with E-state index in [1.165, 1.54) is 37.1 Å². The van der Waals surface area contributed by atoms with Crippen LogP contribution in [0.15, 0.2) is 42.6 Å². The van der Waals surface area contributed by atoms with Gasteiger partial charge >= 0.3 is 0 Å². The summed E-state index contributed by atoms with van der Waals surface area (Å²) >= 11 is 0. The Labute approximate surface area is 110 Å². The summed E-state index contributed by atoms with van der Waals surface area (Å²) in [6.45, 7) is 8.78. The first-order chi connectivity index (χ1) is 8.83. The number of hydrogen-bond donors (Lipinski definition) is 0. The van der Waals surface area contributed by atoms with Crippen LogP contribution in [0.5, 0.6) is 0 Å². The smallest absolute Gasteiger partial charge is 0.0427 e. The molecule has 0 spiro atoms. The first-order valence-electron chi connectivity index (χ1n) is 7.03. The Morgan fingerprint density at radius 2 is 2.00 bits per heavy atom. The van der Waals surface area contributed by atoms with Gasteiger partial charge in [-0.05, 0) is 24.9 Å². The molecule has 2 nitrogen and oxygen atoms in total. The van der Waals surface area contributed by atoms with Crippen molar-refractivity contribution >= 4 is 0 Å². The highest BCUT2D eigenvalue weighted by molar-refractivity contribution is 5.17. The van der Waals surface area contributed by atoms with Crippen LogP contribution in [0.3, 0.4) is 0 Å². The molecule has 96 valence electrons. The van der Waals surface area contributed by atoms with Gasteiger partial charge in [0, 0.05) is 31.4 Å². The summed E-state index contributed by atoms with van der Waals surface area (Å²) in [5, 5.41) is 0. The van der Waals surface area contributed by atoms with Crippen LogP contribution in [0.25, 0.3) is 0 Å². The summed E-state index contributed by atoms with van der Waals surface area (Å²) < 4.78 is 0. The highest BCUT2D eigenvalue weighted by Crippen LogP contribution is 2.26. The van der Waals surface area contributed by atoms with Gasteiger partial charge in [-0.25, -0.2) is 0 Å². The van der Waals surface area contributed by atoms with Gasteiger partial charge < -0.3 is 4.90 Å². The molecule has 2 aliphatic heterocycles. The van der Waals surface area contributed by atoms with E-state index in [1.54, 1.807) is 0 Å². The third-order valence-electron chi connectivity index (χ3n) is 4.23. The maximum absolute atomic E-state index is 4.27. The van der Waals surface area contributed by atoms with Gasteiger partial charge in [-0.2, -0.15) is 0 Å². The normalized spacial score (nSPS) is 25.0. The molecule has 2 fully saturated rings. The van der Waals surface area contributed by atoms with E-state index in [0.29, 0.717) is 0 Å². The molecule has 1 aromatic rings. The number of nitrogens with zero attached hydrogens (tertiary/aromatic N) is 2. The van der Waals surface area contributed by atoms with Crippen molar-refractivity contribution in [2.24, 2.45) is 0 Å². The zero-order valence-electron chi connectivity index (χ0n) is 11.0. The minimum absolute atomic E-state index is 0.757. The summed E-state index contributed by atoms with van der Waals surface area (Å²) in [4.78, 5) is 5.09.